The standard InChI is InChI=1S/C12H26O5/c1-9(14)8-17-10(2)11(15)7-12(3,16-4)5-6-13/h9-11,13-15H,5-8H2,1-4H3. The number of aliphatic hydroxyl groups is 3. The quantitative estimate of drug-likeness (QED) is 0.549. The topological polar surface area (TPSA) is 79.2 Å². The molecule has 0 aliphatic heterocycles. The highest BCUT2D eigenvalue weighted by Crippen LogP contribution is 2.22. The van der Waals surface area contributed by atoms with Gasteiger partial charge in [-0.1, -0.05) is 0 Å². The van der Waals surface area contributed by atoms with Gasteiger partial charge in [0.1, 0.15) is 0 Å². The second kappa shape index (κ2) is 8.00. The number of ether oxygens (including phenoxy) is 2. The second-order valence-electron chi connectivity index (χ2n) is 4.79. The number of hydrogen-bond donors (Lipinski definition) is 3. The van der Waals surface area contributed by atoms with Gasteiger partial charge in [0.05, 0.1) is 30.5 Å². The van der Waals surface area contributed by atoms with Gasteiger partial charge in [-0.25, -0.2) is 0 Å². The lowest BCUT2D eigenvalue weighted by molar-refractivity contribution is -0.0975. The molecule has 0 bridgehead atoms. The van der Waals surface area contributed by atoms with Crippen molar-refractivity contribution in [2.45, 2.75) is 57.5 Å². The summed E-state index contributed by atoms with van der Waals surface area (Å²) in [6.07, 6.45) is -0.770. The molecule has 0 saturated heterocycles. The van der Waals surface area contributed by atoms with Crippen LogP contribution in [0.3, 0.4) is 0 Å². The summed E-state index contributed by atoms with van der Waals surface area (Å²) in [5.41, 5.74) is -0.559. The van der Waals surface area contributed by atoms with Crippen LogP contribution < -0.4 is 0 Å². The van der Waals surface area contributed by atoms with Crippen molar-refractivity contribution in [2.75, 3.05) is 20.3 Å². The molecule has 0 aromatic heterocycles. The molecule has 0 rings (SSSR count). The zero-order valence-electron chi connectivity index (χ0n) is 11.2. The van der Waals surface area contributed by atoms with Gasteiger partial charge in [0.25, 0.3) is 0 Å². The Balaban J connectivity index is 4.16. The van der Waals surface area contributed by atoms with Crippen LogP contribution in [0.4, 0.5) is 0 Å². The van der Waals surface area contributed by atoms with Crippen LogP contribution in [-0.2, 0) is 9.47 Å². The molecule has 5 heteroatoms. The molecule has 0 aliphatic carbocycles. The van der Waals surface area contributed by atoms with E-state index in [0.717, 1.165) is 0 Å². The Kier molecular flexibility index (Phi) is 7.91. The fraction of sp³-hybridized carbons (Fsp3) is 1.00. The van der Waals surface area contributed by atoms with Crippen LogP contribution >= 0.6 is 0 Å². The molecule has 17 heavy (non-hydrogen) atoms. The molecule has 0 radical (unpaired) electrons. The third-order valence-corrected chi connectivity index (χ3v) is 2.92. The van der Waals surface area contributed by atoms with Crippen molar-refractivity contribution >= 4 is 0 Å². The Morgan fingerprint density at radius 3 is 2.24 bits per heavy atom. The van der Waals surface area contributed by atoms with Gasteiger partial charge >= 0.3 is 0 Å². The summed E-state index contributed by atoms with van der Waals surface area (Å²) in [5, 5.41) is 28.0. The molecule has 0 spiro atoms. The lowest BCUT2D eigenvalue weighted by Gasteiger charge is -2.32. The van der Waals surface area contributed by atoms with E-state index >= 15 is 0 Å². The van der Waals surface area contributed by atoms with Crippen LogP contribution in [0.2, 0.25) is 0 Å². The van der Waals surface area contributed by atoms with Gasteiger partial charge in [-0.05, 0) is 27.2 Å². The van der Waals surface area contributed by atoms with Gasteiger partial charge in [0.2, 0.25) is 0 Å². The van der Waals surface area contributed by atoms with E-state index in [9.17, 15) is 5.11 Å². The number of rotatable bonds is 9. The number of methoxy groups -OCH3 is 1. The Bertz CT molecular complexity index is 197. The van der Waals surface area contributed by atoms with Crippen molar-refractivity contribution in [3.05, 3.63) is 0 Å². The van der Waals surface area contributed by atoms with Crippen molar-refractivity contribution in [2.24, 2.45) is 0 Å². The van der Waals surface area contributed by atoms with E-state index in [2.05, 4.69) is 0 Å². The first-order valence-corrected chi connectivity index (χ1v) is 5.98. The van der Waals surface area contributed by atoms with E-state index in [1.54, 1.807) is 21.0 Å². The highest BCUT2D eigenvalue weighted by molar-refractivity contribution is 4.81. The van der Waals surface area contributed by atoms with Crippen molar-refractivity contribution in [3.63, 3.8) is 0 Å². The maximum Gasteiger partial charge on any atom is 0.0826 e. The molecular formula is C12H26O5. The minimum absolute atomic E-state index is 0.0139. The summed E-state index contributed by atoms with van der Waals surface area (Å²) < 4.78 is 10.6. The fourth-order valence-corrected chi connectivity index (χ4v) is 1.53. The van der Waals surface area contributed by atoms with Crippen LogP contribution in [0, 0.1) is 0 Å². The van der Waals surface area contributed by atoms with E-state index in [0.29, 0.717) is 12.8 Å². The molecule has 4 unspecified atom stereocenters. The summed E-state index contributed by atoms with van der Waals surface area (Å²) in [6.45, 7) is 5.43. The molecule has 0 aliphatic rings. The largest absolute Gasteiger partial charge is 0.396 e. The van der Waals surface area contributed by atoms with Crippen molar-refractivity contribution in [1.29, 1.82) is 0 Å². The average Bonchev–Trinajstić information content (AvgIpc) is 2.25. The molecule has 0 fully saturated rings. The molecule has 0 saturated carbocycles. The minimum atomic E-state index is -0.690. The maximum absolute atomic E-state index is 9.96. The third-order valence-electron chi connectivity index (χ3n) is 2.92. The van der Waals surface area contributed by atoms with Gasteiger partial charge in [-0.2, -0.15) is 0 Å². The Labute approximate surface area is 103 Å². The SMILES string of the molecule is COC(C)(CCO)CC(O)C(C)OCC(C)O. The maximum atomic E-state index is 9.96. The van der Waals surface area contributed by atoms with Crippen LogP contribution in [-0.4, -0.2) is 59.6 Å². The predicted molar refractivity (Wildman–Crippen MR) is 64.8 cm³/mol. The normalized spacial score (nSPS) is 20.6. The molecule has 3 N–H and O–H groups in total. The average molecular weight is 250 g/mol. The van der Waals surface area contributed by atoms with Gasteiger partial charge < -0.3 is 24.8 Å². The zero-order valence-corrected chi connectivity index (χ0v) is 11.2. The molecule has 0 heterocycles. The predicted octanol–water partition coefficient (Wildman–Crippen LogP) is 0.311. The van der Waals surface area contributed by atoms with Crippen LogP contribution in [0.15, 0.2) is 0 Å². The minimum Gasteiger partial charge on any atom is -0.396 e. The zero-order chi connectivity index (χ0) is 13.5. The first-order chi connectivity index (χ1) is 7.84. The van der Waals surface area contributed by atoms with Crippen LogP contribution in [0.25, 0.3) is 0 Å². The molecular weight excluding hydrogens is 224 g/mol. The van der Waals surface area contributed by atoms with E-state index < -0.39 is 17.8 Å². The smallest absolute Gasteiger partial charge is 0.0826 e. The summed E-state index contributed by atoms with van der Waals surface area (Å²) in [6, 6.07) is 0. The molecule has 104 valence electrons. The molecule has 4 atom stereocenters. The summed E-state index contributed by atoms with van der Waals surface area (Å²) in [5.74, 6) is 0. The Hall–Kier alpha value is -0.200. The van der Waals surface area contributed by atoms with Crippen molar-refractivity contribution in [1.82, 2.24) is 0 Å². The number of hydrogen-bond acceptors (Lipinski definition) is 5. The third kappa shape index (κ3) is 6.95. The van der Waals surface area contributed by atoms with E-state index in [-0.39, 0.29) is 19.3 Å². The number of aliphatic hydroxyl groups excluding tert-OH is 3. The van der Waals surface area contributed by atoms with Gasteiger partial charge in [-0.15, -0.1) is 0 Å². The monoisotopic (exact) mass is 250 g/mol. The van der Waals surface area contributed by atoms with Crippen molar-refractivity contribution in [3.8, 4) is 0 Å². The lowest BCUT2D eigenvalue weighted by atomic mass is 9.93. The highest BCUT2D eigenvalue weighted by Gasteiger charge is 2.29. The van der Waals surface area contributed by atoms with E-state index in [1.165, 1.54) is 0 Å². The summed E-state index contributed by atoms with van der Waals surface area (Å²) in [7, 11) is 1.56. The fourth-order valence-electron chi connectivity index (χ4n) is 1.53. The van der Waals surface area contributed by atoms with Gasteiger partial charge in [0.15, 0.2) is 0 Å². The molecule has 0 amide bonds. The summed E-state index contributed by atoms with van der Waals surface area (Å²) in [4.78, 5) is 0. The van der Waals surface area contributed by atoms with Crippen LogP contribution in [0.5, 0.6) is 0 Å². The molecule has 5 nitrogen and oxygen atoms in total. The molecule has 0 aromatic rings. The first kappa shape index (κ1) is 16.8. The lowest BCUT2D eigenvalue weighted by Crippen LogP contribution is -2.39. The van der Waals surface area contributed by atoms with Gasteiger partial charge in [0, 0.05) is 20.1 Å². The highest BCUT2D eigenvalue weighted by atomic mass is 16.5. The van der Waals surface area contributed by atoms with Gasteiger partial charge in [-0.3, -0.25) is 0 Å². The molecule has 0 aromatic carbocycles. The second-order valence-corrected chi connectivity index (χ2v) is 4.79. The van der Waals surface area contributed by atoms with E-state index in [1.807, 2.05) is 6.92 Å². The Morgan fingerprint density at radius 2 is 1.82 bits per heavy atom. The van der Waals surface area contributed by atoms with Crippen molar-refractivity contribution < 1.29 is 24.8 Å². The Morgan fingerprint density at radius 1 is 1.24 bits per heavy atom. The summed E-state index contributed by atoms with van der Waals surface area (Å²) >= 11 is 0. The van der Waals surface area contributed by atoms with Crippen LogP contribution in [0.1, 0.15) is 33.6 Å². The van der Waals surface area contributed by atoms with E-state index in [4.69, 9.17) is 19.7 Å². The first-order valence-electron chi connectivity index (χ1n) is 5.98.